The molecule has 0 aliphatic carbocycles. The van der Waals surface area contributed by atoms with Crippen LogP contribution in [0.3, 0.4) is 0 Å². The van der Waals surface area contributed by atoms with E-state index in [0.717, 1.165) is 10.9 Å². The normalized spacial score (nSPS) is 20.1. The van der Waals surface area contributed by atoms with E-state index in [-0.39, 0.29) is 12.5 Å². The Labute approximate surface area is 142 Å². The summed E-state index contributed by atoms with van der Waals surface area (Å²) in [6.45, 7) is 1.82. The predicted molar refractivity (Wildman–Crippen MR) is 89.2 cm³/mol. The summed E-state index contributed by atoms with van der Waals surface area (Å²) in [5, 5.41) is 7.76. The number of nitrogens with one attached hydrogen (secondary N) is 1. The van der Waals surface area contributed by atoms with Crippen LogP contribution in [-0.2, 0) is 15.2 Å². The minimum Gasteiger partial charge on any atom is -0.378 e. The van der Waals surface area contributed by atoms with Crippen molar-refractivity contribution < 1.29 is 13.9 Å². The zero-order valence-corrected chi connectivity index (χ0v) is 13.6. The van der Waals surface area contributed by atoms with Gasteiger partial charge in [-0.2, -0.15) is 5.10 Å². The van der Waals surface area contributed by atoms with Crippen LogP contribution in [-0.4, -0.2) is 38.9 Å². The fourth-order valence-corrected chi connectivity index (χ4v) is 2.88. The highest BCUT2D eigenvalue weighted by Crippen LogP contribution is 2.33. The number of hydrogen-bond donors (Lipinski definition) is 1. The van der Waals surface area contributed by atoms with Gasteiger partial charge in [0, 0.05) is 31.0 Å². The summed E-state index contributed by atoms with van der Waals surface area (Å²) in [4.78, 5) is 19.8. The third-order valence-corrected chi connectivity index (χ3v) is 4.14. The molecule has 7 nitrogen and oxygen atoms in total. The van der Waals surface area contributed by atoms with Gasteiger partial charge in [-0.3, -0.25) is 4.79 Å². The number of anilines is 1. The van der Waals surface area contributed by atoms with Crippen molar-refractivity contribution in [2.24, 2.45) is 0 Å². The average molecular weight is 341 g/mol. The molecule has 25 heavy (non-hydrogen) atoms. The summed E-state index contributed by atoms with van der Waals surface area (Å²) in [6, 6.07) is 6.88. The molecule has 1 amide bonds. The highest BCUT2D eigenvalue weighted by Gasteiger charge is 2.38. The van der Waals surface area contributed by atoms with E-state index < -0.39 is 5.67 Å². The highest BCUT2D eigenvalue weighted by molar-refractivity contribution is 5.90. The van der Waals surface area contributed by atoms with Gasteiger partial charge in [-0.05, 0) is 12.1 Å². The molecule has 0 saturated carbocycles. The van der Waals surface area contributed by atoms with Crippen molar-refractivity contribution in [3.8, 4) is 5.82 Å². The first-order chi connectivity index (χ1) is 12.0. The number of rotatable bonds is 3. The maximum Gasteiger partial charge on any atom is 0.222 e. The van der Waals surface area contributed by atoms with E-state index in [1.165, 1.54) is 6.92 Å². The van der Waals surface area contributed by atoms with Crippen molar-refractivity contribution in [1.82, 2.24) is 19.7 Å². The van der Waals surface area contributed by atoms with Gasteiger partial charge in [0.1, 0.15) is 5.82 Å². The Balaban J connectivity index is 1.78. The molecule has 1 aliphatic rings. The maximum atomic E-state index is 14.9. The van der Waals surface area contributed by atoms with E-state index >= 15 is 0 Å². The first-order valence-electron chi connectivity index (χ1n) is 7.91. The molecule has 3 aromatic heterocycles. The summed E-state index contributed by atoms with van der Waals surface area (Å²) in [6.07, 6.45) is 3.56. The molecular weight excluding hydrogens is 325 g/mol. The van der Waals surface area contributed by atoms with Crippen LogP contribution in [0.5, 0.6) is 0 Å². The Morgan fingerprint density at radius 1 is 1.40 bits per heavy atom. The average Bonchev–Trinajstić information content (AvgIpc) is 3.21. The predicted octanol–water partition coefficient (Wildman–Crippen LogP) is 2.36. The molecule has 1 N–H and O–H groups in total. The van der Waals surface area contributed by atoms with Gasteiger partial charge in [0.2, 0.25) is 5.91 Å². The van der Waals surface area contributed by atoms with Gasteiger partial charge in [-0.15, -0.1) is 0 Å². The number of alkyl halides is 1. The van der Waals surface area contributed by atoms with Crippen molar-refractivity contribution in [3.05, 3.63) is 42.4 Å². The minimum atomic E-state index is -1.57. The van der Waals surface area contributed by atoms with Crippen molar-refractivity contribution in [1.29, 1.82) is 0 Å². The Morgan fingerprint density at radius 3 is 3.04 bits per heavy atom. The van der Waals surface area contributed by atoms with Gasteiger partial charge >= 0.3 is 0 Å². The van der Waals surface area contributed by atoms with Crippen LogP contribution in [0.4, 0.5) is 10.2 Å². The van der Waals surface area contributed by atoms with Crippen LogP contribution in [0.25, 0.3) is 16.7 Å². The first kappa shape index (κ1) is 15.6. The van der Waals surface area contributed by atoms with Gasteiger partial charge in [0.15, 0.2) is 11.5 Å². The molecule has 1 fully saturated rings. The fraction of sp³-hybridized carbons (Fsp3) is 0.294. The van der Waals surface area contributed by atoms with Crippen LogP contribution < -0.4 is 5.32 Å². The number of pyridine rings is 2. The zero-order valence-electron chi connectivity index (χ0n) is 13.6. The van der Waals surface area contributed by atoms with Crippen molar-refractivity contribution in [2.75, 3.05) is 18.5 Å². The molecule has 3 aromatic rings. The second-order valence-electron chi connectivity index (χ2n) is 6.01. The summed E-state index contributed by atoms with van der Waals surface area (Å²) in [5.41, 5.74) is -0.511. The standard InChI is InChI=1S/C17H16FN5O2/c1-11(24)21-15-7-13-12(8-19-15)9-20-23(13)16-4-2-3-14(22-16)17(18)5-6-25-10-17/h2-4,7-9H,5-6,10H2,1H3,(H,19,21,24)/t17-/m1/s1. The number of carbonyl (C=O) groups excluding carboxylic acids is 1. The van der Waals surface area contributed by atoms with Gasteiger partial charge in [-0.25, -0.2) is 19.0 Å². The number of aromatic nitrogens is 4. The van der Waals surface area contributed by atoms with Crippen molar-refractivity contribution in [2.45, 2.75) is 19.0 Å². The van der Waals surface area contributed by atoms with E-state index in [1.807, 2.05) is 0 Å². The molecule has 0 radical (unpaired) electrons. The smallest absolute Gasteiger partial charge is 0.222 e. The number of hydrogen-bond acceptors (Lipinski definition) is 5. The Bertz CT molecular complexity index is 949. The summed E-state index contributed by atoms with van der Waals surface area (Å²) in [5.74, 6) is 0.708. The second-order valence-corrected chi connectivity index (χ2v) is 6.01. The molecule has 0 spiro atoms. The SMILES string of the molecule is CC(=O)Nc1cc2c(cn1)cnn2-c1cccc([C@@]2(F)CCOC2)n1. The van der Waals surface area contributed by atoms with Crippen LogP contribution in [0.2, 0.25) is 0 Å². The molecule has 128 valence electrons. The van der Waals surface area contributed by atoms with Crippen LogP contribution >= 0.6 is 0 Å². The van der Waals surface area contributed by atoms with Gasteiger partial charge < -0.3 is 10.1 Å². The van der Waals surface area contributed by atoms with Crippen LogP contribution in [0.1, 0.15) is 19.0 Å². The van der Waals surface area contributed by atoms with Gasteiger partial charge in [0.25, 0.3) is 0 Å². The van der Waals surface area contributed by atoms with E-state index in [9.17, 15) is 9.18 Å². The van der Waals surface area contributed by atoms with Crippen molar-refractivity contribution in [3.63, 3.8) is 0 Å². The Kier molecular flexibility index (Phi) is 3.69. The zero-order chi connectivity index (χ0) is 17.4. The molecule has 4 heterocycles. The van der Waals surface area contributed by atoms with Crippen LogP contribution in [0, 0.1) is 0 Å². The number of nitrogens with zero attached hydrogens (tertiary/aromatic N) is 4. The molecule has 8 heteroatoms. The van der Waals surface area contributed by atoms with E-state index in [1.54, 1.807) is 41.3 Å². The third-order valence-electron chi connectivity index (χ3n) is 4.14. The number of ether oxygens (including phenoxy) is 1. The molecule has 0 unspecified atom stereocenters. The molecule has 1 saturated heterocycles. The molecule has 4 rings (SSSR count). The number of carbonyl (C=O) groups is 1. The largest absolute Gasteiger partial charge is 0.378 e. The monoisotopic (exact) mass is 341 g/mol. The van der Waals surface area contributed by atoms with Gasteiger partial charge in [-0.1, -0.05) is 6.07 Å². The summed E-state index contributed by atoms with van der Waals surface area (Å²) >= 11 is 0. The summed E-state index contributed by atoms with van der Waals surface area (Å²) < 4.78 is 21.7. The minimum absolute atomic E-state index is 0.0138. The summed E-state index contributed by atoms with van der Waals surface area (Å²) in [7, 11) is 0. The fourth-order valence-electron chi connectivity index (χ4n) is 2.88. The quantitative estimate of drug-likeness (QED) is 0.791. The van der Waals surface area contributed by atoms with Gasteiger partial charge in [0.05, 0.1) is 30.6 Å². The second kappa shape index (κ2) is 5.89. The number of amides is 1. The lowest BCUT2D eigenvalue weighted by molar-refractivity contribution is -0.114. The lowest BCUT2D eigenvalue weighted by Crippen LogP contribution is -2.22. The molecular formula is C17H16FN5O2. The van der Waals surface area contributed by atoms with E-state index in [4.69, 9.17) is 4.74 Å². The Hall–Kier alpha value is -2.87. The third kappa shape index (κ3) is 2.85. The highest BCUT2D eigenvalue weighted by atomic mass is 19.1. The molecule has 0 bridgehead atoms. The lowest BCUT2D eigenvalue weighted by atomic mass is 10.0. The number of fused-ring (bicyclic) bond motifs is 1. The molecule has 0 aromatic carbocycles. The topological polar surface area (TPSA) is 81.9 Å². The molecule has 1 aliphatic heterocycles. The Morgan fingerprint density at radius 2 is 2.28 bits per heavy atom. The van der Waals surface area contributed by atoms with Crippen molar-refractivity contribution >= 4 is 22.6 Å². The molecule has 1 atom stereocenters. The maximum absolute atomic E-state index is 14.9. The lowest BCUT2D eigenvalue weighted by Gasteiger charge is -2.17. The first-order valence-corrected chi connectivity index (χ1v) is 7.91. The van der Waals surface area contributed by atoms with E-state index in [2.05, 4.69) is 20.4 Å². The van der Waals surface area contributed by atoms with E-state index in [0.29, 0.717) is 30.4 Å². The number of halogens is 1. The van der Waals surface area contributed by atoms with Crippen LogP contribution in [0.15, 0.2) is 36.7 Å².